The molecule has 3 rings (SSSR count). The number of hydrogen-bond donors (Lipinski definition) is 1. The molecule has 1 unspecified atom stereocenters. The van der Waals surface area contributed by atoms with Crippen molar-refractivity contribution in [3.8, 4) is 0 Å². The number of nitrogens with one attached hydrogen (secondary N) is 1. The third-order valence-corrected chi connectivity index (χ3v) is 6.34. The molecule has 2 fully saturated rings. The standard InChI is InChI=1S/C17H28N4O2S/c1-21-8-5-13(6-9-21)10-16-19-12-15(24(2,22)23)17(20-16)14-4-3-7-18-11-14/h12-14,18H,3-11H2,1-2H3. The Kier molecular flexibility index (Phi) is 5.52. The third-order valence-electron chi connectivity index (χ3n) is 5.23. The number of aromatic nitrogens is 2. The second-order valence-corrected chi connectivity index (χ2v) is 9.29. The van der Waals surface area contributed by atoms with Crippen molar-refractivity contribution in [1.82, 2.24) is 20.2 Å². The molecule has 1 atom stereocenters. The maximum Gasteiger partial charge on any atom is 0.178 e. The number of nitrogens with zero attached hydrogens (tertiary/aromatic N) is 3. The average molecular weight is 353 g/mol. The van der Waals surface area contributed by atoms with E-state index in [2.05, 4.69) is 22.2 Å². The molecule has 2 aliphatic heterocycles. The van der Waals surface area contributed by atoms with Gasteiger partial charge in [-0.25, -0.2) is 18.4 Å². The van der Waals surface area contributed by atoms with Crippen LogP contribution in [0.3, 0.4) is 0 Å². The van der Waals surface area contributed by atoms with Gasteiger partial charge in [-0.3, -0.25) is 0 Å². The van der Waals surface area contributed by atoms with Gasteiger partial charge < -0.3 is 10.2 Å². The van der Waals surface area contributed by atoms with E-state index in [0.717, 1.165) is 69.8 Å². The molecule has 2 saturated heterocycles. The first-order valence-electron chi connectivity index (χ1n) is 8.88. The summed E-state index contributed by atoms with van der Waals surface area (Å²) in [6.45, 7) is 4.03. The fraction of sp³-hybridized carbons (Fsp3) is 0.765. The molecule has 0 spiro atoms. The highest BCUT2D eigenvalue weighted by atomic mass is 32.2. The van der Waals surface area contributed by atoms with E-state index in [1.807, 2.05) is 0 Å². The molecule has 0 aliphatic carbocycles. The molecule has 3 heterocycles. The predicted octanol–water partition coefficient (Wildman–Crippen LogP) is 1.23. The van der Waals surface area contributed by atoms with Gasteiger partial charge >= 0.3 is 0 Å². The fourth-order valence-corrected chi connectivity index (χ4v) is 4.54. The van der Waals surface area contributed by atoms with Gasteiger partial charge in [0.1, 0.15) is 10.7 Å². The van der Waals surface area contributed by atoms with Crippen molar-refractivity contribution < 1.29 is 8.42 Å². The Morgan fingerprint density at radius 2 is 2.04 bits per heavy atom. The Morgan fingerprint density at radius 3 is 2.67 bits per heavy atom. The predicted molar refractivity (Wildman–Crippen MR) is 93.9 cm³/mol. The van der Waals surface area contributed by atoms with Crippen LogP contribution in [-0.4, -0.2) is 62.8 Å². The summed E-state index contributed by atoms with van der Waals surface area (Å²) >= 11 is 0. The summed E-state index contributed by atoms with van der Waals surface area (Å²) in [7, 11) is -1.14. The van der Waals surface area contributed by atoms with Crippen LogP contribution in [0.25, 0.3) is 0 Å². The summed E-state index contributed by atoms with van der Waals surface area (Å²) in [5.74, 6) is 1.57. The number of piperidine rings is 2. The zero-order chi connectivity index (χ0) is 17.2. The number of sulfone groups is 1. The molecule has 1 aromatic rings. The first-order chi connectivity index (χ1) is 11.4. The van der Waals surface area contributed by atoms with Crippen LogP contribution in [0.5, 0.6) is 0 Å². The molecule has 0 radical (unpaired) electrons. The Hall–Kier alpha value is -1.05. The topological polar surface area (TPSA) is 75.2 Å². The normalized spacial score (nSPS) is 24.2. The second-order valence-electron chi connectivity index (χ2n) is 7.30. The van der Waals surface area contributed by atoms with Gasteiger partial charge in [-0.2, -0.15) is 0 Å². The van der Waals surface area contributed by atoms with E-state index in [4.69, 9.17) is 4.98 Å². The average Bonchev–Trinajstić information content (AvgIpc) is 2.57. The van der Waals surface area contributed by atoms with Crippen molar-refractivity contribution in [3.05, 3.63) is 17.7 Å². The number of likely N-dealkylation sites (tertiary alicyclic amines) is 1. The molecule has 6 nitrogen and oxygen atoms in total. The van der Waals surface area contributed by atoms with Gasteiger partial charge in [0, 0.05) is 31.3 Å². The monoisotopic (exact) mass is 352 g/mol. The van der Waals surface area contributed by atoms with E-state index in [1.165, 1.54) is 12.5 Å². The van der Waals surface area contributed by atoms with Crippen molar-refractivity contribution in [2.24, 2.45) is 5.92 Å². The highest BCUT2D eigenvalue weighted by Gasteiger charge is 2.26. The van der Waals surface area contributed by atoms with Crippen LogP contribution in [-0.2, 0) is 16.3 Å². The summed E-state index contributed by atoms with van der Waals surface area (Å²) in [6, 6.07) is 0. The van der Waals surface area contributed by atoms with E-state index in [-0.39, 0.29) is 5.92 Å². The summed E-state index contributed by atoms with van der Waals surface area (Å²) in [6.07, 6.45) is 8.01. The SMILES string of the molecule is CN1CCC(Cc2ncc(S(C)(=O)=O)c(C3CCCNC3)n2)CC1. The first kappa shape index (κ1) is 17.8. The highest BCUT2D eigenvalue weighted by molar-refractivity contribution is 7.90. The van der Waals surface area contributed by atoms with Gasteiger partial charge in [0.25, 0.3) is 0 Å². The second kappa shape index (κ2) is 7.45. The van der Waals surface area contributed by atoms with Crippen LogP contribution in [0.4, 0.5) is 0 Å². The molecular weight excluding hydrogens is 324 g/mol. The zero-order valence-electron chi connectivity index (χ0n) is 14.7. The van der Waals surface area contributed by atoms with Gasteiger partial charge in [0.2, 0.25) is 0 Å². The van der Waals surface area contributed by atoms with Gasteiger partial charge in [0.05, 0.1) is 5.69 Å². The van der Waals surface area contributed by atoms with E-state index in [9.17, 15) is 8.42 Å². The van der Waals surface area contributed by atoms with Gasteiger partial charge in [-0.15, -0.1) is 0 Å². The Bertz CT molecular complexity index is 663. The Balaban J connectivity index is 1.83. The van der Waals surface area contributed by atoms with Gasteiger partial charge in [-0.05, 0) is 58.3 Å². The summed E-state index contributed by atoms with van der Waals surface area (Å²) in [5, 5.41) is 3.36. The highest BCUT2D eigenvalue weighted by Crippen LogP contribution is 2.28. The van der Waals surface area contributed by atoms with Crippen molar-refractivity contribution in [2.45, 2.75) is 42.9 Å². The molecule has 0 bridgehead atoms. The van der Waals surface area contributed by atoms with Crippen LogP contribution in [0.2, 0.25) is 0 Å². The van der Waals surface area contributed by atoms with Crippen molar-refractivity contribution in [1.29, 1.82) is 0 Å². The molecule has 1 aromatic heterocycles. The largest absolute Gasteiger partial charge is 0.316 e. The lowest BCUT2D eigenvalue weighted by Crippen LogP contribution is -2.32. The maximum atomic E-state index is 12.1. The van der Waals surface area contributed by atoms with Crippen molar-refractivity contribution in [2.75, 3.05) is 39.5 Å². The lowest BCUT2D eigenvalue weighted by molar-refractivity contribution is 0.217. The molecular formula is C17H28N4O2S. The Labute approximate surface area is 145 Å². The number of hydrogen-bond acceptors (Lipinski definition) is 6. The van der Waals surface area contributed by atoms with E-state index < -0.39 is 9.84 Å². The molecule has 7 heteroatoms. The van der Waals surface area contributed by atoms with E-state index >= 15 is 0 Å². The summed E-state index contributed by atoms with van der Waals surface area (Å²) in [4.78, 5) is 11.8. The minimum atomic E-state index is -3.30. The summed E-state index contributed by atoms with van der Waals surface area (Å²) < 4.78 is 24.3. The minimum absolute atomic E-state index is 0.169. The maximum absolute atomic E-state index is 12.1. The molecule has 134 valence electrons. The molecule has 0 saturated carbocycles. The fourth-order valence-electron chi connectivity index (χ4n) is 3.71. The molecule has 0 amide bonds. The van der Waals surface area contributed by atoms with E-state index in [0.29, 0.717) is 10.8 Å². The zero-order valence-corrected chi connectivity index (χ0v) is 15.5. The third kappa shape index (κ3) is 4.32. The molecule has 24 heavy (non-hydrogen) atoms. The van der Waals surface area contributed by atoms with Crippen LogP contribution in [0, 0.1) is 5.92 Å². The van der Waals surface area contributed by atoms with Gasteiger partial charge in [-0.1, -0.05) is 0 Å². The molecule has 2 aliphatic rings. The molecule has 0 aromatic carbocycles. The van der Waals surface area contributed by atoms with Crippen LogP contribution in [0.1, 0.15) is 43.1 Å². The minimum Gasteiger partial charge on any atom is -0.316 e. The lowest BCUT2D eigenvalue weighted by atomic mass is 9.93. The van der Waals surface area contributed by atoms with Gasteiger partial charge in [0.15, 0.2) is 9.84 Å². The van der Waals surface area contributed by atoms with Crippen molar-refractivity contribution in [3.63, 3.8) is 0 Å². The first-order valence-corrected chi connectivity index (χ1v) is 10.8. The summed E-state index contributed by atoms with van der Waals surface area (Å²) in [5.41, 5.74) is 0.725. The van der Waals surface area contributed by atoms with Crippen LogP contribution >= 0.6 is 0 Å². The lowest BCUT2D eigenvalue weighted by Gasteiger charge is -2.29. The van der Waals surface area contributed by atoms with E-state index in [1.54, 1.807) is 0 Å². The molecule has 1 N–H and O–H groups in total. The van der Waals surface area contributed by atoms with Crippen LogP contribution < -0.4 is 5.32 Å². The quantitative estimate of drug-likeness (QED) is 0.878. The Morgan fingerprint density at radius 1 is 1.29 bits per heavy atom. The number of rotatable bonds is 4. The van der Waals surface area contributed by atoms with Crippen molar-refractivity contribution >= 4 is 9.84 Å². The van der Waals surface area contributed by atoms with Crippen LogP contribution in [0.15, 0.2) is 11.1 Å². The smallest absolute Gasteiger partial charge is 0.178 e.